The molecule has 0 bridgehead atoms. The Labute approximate surface area is 274 Å². The van der Waals surface area contributed by atoms with E-state index >= 15 is 0 Å². The van der Waals surface area contributed by atoms with E-state index in [1.54, 1.807) is 14.1 Å². The van der Waals surface area contributed by atoms with Crippen LogP contribution < -0.4 is 10.6 Å². The van der Waals surface area contributed by atoms with Gasteiger partial charge < -0.3 is 25.7 Å². The van der Waals surface area contributed by atoms with Gasteiger partial charge in [0.1, 0.15) is 18.9 Å². The predicted molar refractivity (Wildman–Crippen MR) is 178 cm³/mol. The van der Waals surface area contributed by atoms with Crippen molar-refractivity contribution in [3.63, 3.8) is 0 Å². The van der Waals surface area contributed by atoms with Crippen molar-refractivity contribution in [2.75, 3.05) is 34.0 Å². The highest BCUT2D eigenvalue weighted by Crippen LogP contribution is 2.29. The number of halogens is 1. The molecule has 5 unspecified atom stereocenters. The summed E-state index contributed by atoms with van der Waals surface area (Å²) in [4.78, 5) is 43.6. The fourth-order valence-corrected chi connectivity index (χ4v) is 5.83. The average molecular weight is 641 g/mol. The molecule has 0 aliphatic heterocycles. The molecule has 2 rings (SSSR count). The van der Waals surface area contributed by atoms with Gasteiger partial charge in [0.15, 0.2) is 0 Å². The predicted octanol–water partition coefficient (Wildman–Crippen LogP) is 3.04. The number of aliphatic hydroxyl groups excluding tert-OH is 2. The third-order valence-electron chi connectivity index (χ3n) is 8.80. The lowest BCUT2D eigenvalue weighted by Gasteiger charge is -2.33. The minimum Gasteiger partial charge on any atom is -0.390 e. The molecule has 3 amide bonds. The second-order valence-electron chi connectivity index (χ2n) is 12.6. The summed E-state index contributed by atoms with van der Waals surface area (Å²) in [6.45, 7) is 0.00253. The molecule has 254 valence electrons. The number of hydrogen-bond acceptors (Lipinski definition) is 6. The molecule has 9 nitrogen and oxygen atoms in total. The molecule has 0 radical (unpaired) electrons. The summed E-state index contributed by atoms with van der Waals surface area (Å²) in [6.07, 6.45) is 15.3. The third-order valence-corrected chi connectivity index (χ3v) is 8.80. The van der Waals surface area contributed by atoms with Crippen LogP contribution in [0.4, 0.5) is 4.39 Å². The maximum Gasteiger partial charge on any atom is 0.242 e. The molecule has 5 atom stereocenters. The van der Waals surface area contributed by atoms with Crippen LogP contribution in [0.1, 0.15) is 76.2 Å². The number of amides is 3. The maximum absolute atomic E-state index is 13.8. The molecule has 0 heterocycles. The average Bonchev–Trinajstić information content (AvgIpc) is 3.07. The van der Waals surface area contributed by atoms with Crippen LogP contribution in [0, 0.1) is 36.5 Å². The SMILES string of the molecule is C#CCCC(NC(=O)C(CC(=O)N(C)CCN(C)CF)Cc1ccccc1)C(=O)NC(CC1CCCCC1)C(O)C(O)CCC#C. The number of nitrogens with one attached hydrogen (secondary N) is 2. The van der Waals surface area contributed by atoms with Crippen molar-refractivity contribution in [1.82, 2.24) is 20.4 Å². The number of nitrogens with zero attached hydrogens (tertiary/aromatic N) is 2. The van der Waals surface area contributed by atoms with Gasteiger partial charge in [0.2, 0.25) is 17.7 Å². The number of hydrogen-bond donors (Lipinski definition) is 4. The molecule has 1 aliphatic carbocycles. The van der Waals surface area contributed by atoms with Crippen LogP contribution in [0.3, 0.4) is 0 Å². The van der Waals surface area contributed by atoms with Gasteiger partial charge in [-0.15, -0.1) is 24.7 Å². The molecule has 1 aromatic carbocycles. The van der Waals surface area contributed by atoms with Crippen molar-refractivity contribution in [2.45, 2.75) is 101 Å². The van der Waals surface area contributed by atoms with E-state index in [1.807, 2.05) is 30.3 Å². The minimum absolute atomic E-state index is 0.107. The topological polar surface area (TPSA) is 122 Å². The number of benzene rings is 1. The van der Waals surface area contributed by atoms with Gasteiger partial charge in [-0.3, -0.25) is 19.3 Å². The number of rotatable bonds is 20. The van der Waals surface area contributed by atoms with Crippen molar-refractivity contribution >= 4 is 17.7 Å². The summed E-state index contributed by atoms with van der Waals surface area (Å²) < 4.78 is 12.9. The van der Waals surface area contributed by atoms with Gasteiger partial charge in [0, 0.05) is 39.4 Å². The Hall–Kier alpha value is -3.44. The summed E-state index contributed by atoms with van der Waals surface area (Å²) in [5, 5.41) is 27.5. The lowest BCUT2D eigenvalue weighted by Crippen LogP contribution is -2.56. The first-order valence-corrected chi connectivity index (χ1v) is 16.5. The van der Waals surface area contributed by atoms with Gasteiger partial charge in [-0.2, -0.15) is 0 Å². The molecular formula is C36H53FN4O5. The quantitative estimate of drug-likeness (QED) is 0.128. The highest BCUT2D eigenvalue weighted by Gasteiger charge is 2.34. The number of terminal acetylenes is 2. The van der Waals surface area contributed by atoms with E-state index in [4.69, 9.17) is 12.8 Å². The first-order chi connectivity index (χ1) is 22.1. The Morgan fingerprint density at radius 2 is 1.61 bits per heavy atom. The molecule has 1 aliphatic rings. The lowest BCUT2D eigenvalue weighted by atomic mass is 9.82. The minimum atomic E-state index is -1.24. The maximum atomic E-state index is 13.8. The third kappa shape index (κ3) is 13.9. The zero-order valence-corrected chi connectivity index (χ0v) is 27.5. The van der Waals surface area contributed by atoms with Gasteiger partial charge >= 0.3 is 0 Å². The summed E-state index contributed by atoms with van der Waals surface area (Å²) in [7, 11) is 3.23. The standard InChI is InChI=1S/C36H53FN4O5/c1-5-7-19-30(36(46)39-31(24-28-17-13-10-14-18-28)34(44)32(42)20-8-6-2)38-35(45)29(23-27-15-11-9-12-16-27)25-33(43)41(4)22-21-40(3)26-37/h1-2,9,11-12,15-16,28-32,34,42,44H,7-8,10,13-14,17-26H2,3-4H3,(H,38,45)(H,39,46). The fourth-order valence-electron chi connectivity index (χ4n) is 5.83. The normalized spacial score (nSPS) is 16.7. The van der Waals surface area contributed by atoms with Gasteiger partial charge in [-0.25, -0.2) is 4.39 Å². The van der Waals surface area contributed by atoms with Crippen molar-refractivity contribution in [3.05, 3.63) is 35.9 Å². The van der Waals surface area contributed by atoms with E-state index in [9.17, 15) is 29.0 Å². The van der Waals surface area contributed by atoms with Crippen LogP contribution in [0.5, 0.6) is 0 Å². The highest BCUT2D eigenvalue weighted by molar-refractivity contribution is 5.91. The second kappa shape index (κ2) is 21.4. The van der Waals surface area contributed by atoms with Gasteiger partial charge in [0.05, 0.1) is 18.1 Å². The van der Waals surface area contributed by atoms with Gasteiger partial charge in [-0.05, 0) is 44.2 Å². The van der Waals surface area contributed by atoms with Crippen LogP contribution in [0.15, 0.2) is 30.3 Å². The Bertz CT molecular complexity index is 1150. The molecule has 1 saturated carbocycles. The highest BCUT2D eigenvalue weighted by atomic mass is 19.1. The van der Waals surface area contributed by atoms with Crippen LogP contribution in [0.25, 0.3) is 0 Å². The van der Waals surface area contributed by atoms with Crippen molar-refractivity contribution < 1.29 is 29.0 Å². The van der Waals surface area contributed by atoms with Crippen LogP contribution >= 0.6 is 0 Å². The smallest absolute Gasteiger partial charge is 0.242 e. The summed E-state index contributed by atoms with van der Waals surface area (Å²) in [5.74, 6) is 3.24. The first-order valence-electron chi connectivity index (χ1n) is 16.5. The van der Waals surface area contributed by atoms with E-state index in [2.05, 4.69) is 22.5 Å². The Morgan fingerprint density at radius 1 is 0.957 bits per heavy atom. The fraction of sp³-hybridized carbons (Fsp3) is 0.639. The molecule has 0 saturated heterocycles. The number of aliphatic hydroxyl groups is 2. The molecule has 0 aromatic heterocycles. The number of alkyl halides is 1. The van der Waals surface area contributed by atoms with Crippen LogP contribution in [-0.2, 0) is 20.8 Å². The summed E-state index contributed by atoms with van der Waals surface area (Å²) in [6, 6.07) is 7.55. The van der Waals surface area contributed by atoms with E-state index < -0.39 is 48.8 Å². The Morgan fingerprint density at radius 3 is 2.24 bits per heavy atom. The van der Waals surface area contributed by atoms with E-state index in [1.165, 1.54) is 9.80 Å². The van der Waals surface area contributed by atoms with E-state index in [0.717, 1.165) is 37.7 Å². The van der Waals surface area contributed by atoms with Crippen LogP contribution in [-0.4, -0.2) is 96.0 Å². The largest absolute Gasteiger partial charge is 0.390 e. The zero-order chi connectivity index (χ0) is 33.9. The number of carbonyl (C=O) groups excluding carboxylic acids is 3. The molecule has 0 spiro atoms. The number of carbonyl (C=O) groups is 3. The van der Waals surface area contributed by atoms with Gasteiger partial charge in [0.25, 0.3) is 0 Å². The van der Waals surface area contributed by atoms with E-state index in [-0.39, 0.29) is 50.4 Å². The monoisotopic (exact) mass is 640 g/mol. The second-order valence-corrected chi connectivity index (χ2v) is 12.6. The van der Waals surface area contributed by atoms with E-state index in [0.29, 0.717) is 19.5 Å². The molecule has 4 N–H and O–H groups in total. The van der Waals surface area contributed by atoms with Crippen molar-refractivity contribution in [3.8, 4) is 24.7 Å². The first kappa shape index (κ1) is 38.7. The van der Waals surface area contributed by atoms with Crippen LogP contribution in [0.2, 0.25) is 0 Å². The van der Waals surface area contributed by atoms with Gasteiger partial charge in [-0.1, -0.05) is 62.4 Å². The molecule has 10 heteroatoms. The molecular weight excluding hydrogens is 587 g/mol. The Balaban J connectivity index is 2.24. The lowest BCUT2D eigenvalue weighted by molar-refractivity contribution is -0.137. The number of likely N-dealkylation sites (N-methyl/N-ethyl adjacent to an activating group) is 2. The molecule has 1 fully saturated rings. The molecule has 1 aromatic rings. The molecule has 46 heavy (non-hydrogen) atoms. The Kier molecular flexibility index (Phi) is 18.0. The van der Waals surface area contributed by atoms with Crippen molar-refractivity contribution in [1.29, 1.82) is 0 Å². The summed E-state index contributed by atoms with van der Waals surface area (Å²) >= 11 is 0. The summed E-state index contributed by atoms with van der Waals surface area (Å²) in [5.41, 5.74) is 0.858. The van der Waals surface area contributed by atoms with Crippen molar-refractivity contribution in [2.24, 2.45) is 11.8 Å². The zero-order valence-electron chi connectivity index (χ0n) is 27.5.